The van der Waals surface area contributed by atoms with Gasteiger partial charge in [-0.15, -0.1) is 5.10 Å². The van der Waals surface area contributed by atoms with Gasteiger partial charge in [0.25, 0.3) is 5.56 Å². The van der Waals surface area contributed by atoms with Crippen LogP contribution in [0.2, 0.25) is 5.02 Å². The van der Waals surface area contributed by atoms with Crippen molar-refractivity contribution in [3.05, 3.63) is 69.5 Å². The first kappa shape index (κ1) is 20.1. The van der Waals surface area contributed by atoms with Crippen LogP contribution in [0.15, 0.2) is 53.3 Å². The summed E-state index contributed by atoms with van der Waals surface area (Å²) in [4.78, 5) is 19.6. The van der Waals surface area contributed by atoms with Crippen molar-refractivity contribution in [1.82, 2.24) is 19.2 Å². The highest BCUT2D eigenvalue weighted by Gasteiger charge is 2.21. The molecule has 1 aliphatic rings. The molecule has 6 nitrogen and oxygen atoms in total. The van der Waals surface area contributed by atoms with Crippen LogP contribution >= 0.6 is 11.6 Å². The van der Waals surface area contributed by atoms with Crippen LogP contribution in [0, 0.1) is 0 Å². The molecule has 0 spiro atoms. The van der Waals surface area contributed by atoms with E-state index in [1.165, 1.54) is 18.4 Å². The summed E-state index contributed by atoms with van der Waals surface area (Å²) in [6.45, 7) is 2.65. The standard InChI is InChI=1S/C24H26ClN5O/c25-19-12-13-21-20(17-19)22(31)26-23-29(16-8-11-18-9-4-3-5-10-18)27-24(30(21)23)28-14-6-1-2-7-15-28/h3-5,9-10,12-13,17H,1-2,6-8,11,14-16H2. The number of hydrogen-bond donors (Lipinski definition) is 0. The largest absolute Gasteiger partial charge is 0.341 e. The van der Waals surface area contributed by atoms with Gasteiger partial charge in [-0.2, -0.15) is 4.98 Å². The number of halogens is 1. The number of nitrogens with zero attached hydrogens (tertiary/aromatic N) is 5. The van der Waals surface area contributed by atoms with Gasteiger partial charge in [0.05, 0.1) is 10.9 Å². The smallest absolute Gasteiger partial charge is 0.282 e. The van der Waals surface area contributed by atoms with E-state index >= 15 is 0 Å². The number of fused-ring (bicyclic) bond motifs is 3. The molecule has 0 saturated carbocycles. The lowest BCUT2D eigenvalue weighted by atomic mass is 10.1. The van der Waals surface area contributed by atoms with Gasteiger partial charge in [0, 0.05) is 24.7 Å². The Kier molecular flexibility index (Phi) is 5.64. The minimum atomic E-state index is -0.260. The maximum Gasteiger partial charge on any atom is 0.282 e. The van der Waals surface area contributed by atoms with Gasteiger partial charge in [-0.1, -0.05) is 54.8 Å². The van der Waals surface area contributed by atoms with Crippen LogP contribution in [-0.2, 0) is 13.0 Å². The summed E-state index contributed by atoms with van der Waals surface area (Å²) in [5.74, 6) is 1.48. The number of aromatic nitrogens is 4. The van der Waals surface area contributed by atoms with Crippen LogP contribution < -0.4 is 10.5 Å². The molecule has 4 aromatic rings. The Morgan fingerprint density at radius 2 is 1.74 bits per heavy atom. The van der Waals surface area contributed by atoms with Crippen molar-refractivity contribution >= 4 is 34.2 Å². The lowest BCUT2D eigenvalue weighted by molar-refractivity contribution is 0.587. The van der Waals surface area contributed by atoms with Crippen LogP contribution in [0.1, 0.15) is 37.7 Å². The van der Waals surface area contributed by atoms with E-state index in [-0.39, 0.29) is 5.56 Å². The third kappa shape index (κ3) is 4.04. The minimum Gasteiger partial charge on any atom is -0.341 e. The molecule has 31 heavy (non-hydrogen) atoms. The molecule has 2 aromatic heterocycles. The van der Waals surface area contributed by atoms with Crippen molar-refractivity contribution in [3.63, 3.8) is 0 Å². The van der Waals surface area contributed by atoms with Crippen molar-refractivity contribution < 1.29 is 0 Å². The fourth-order valence-electron chi connectivity index (χ4n) is 4.45. The van der Waals surface area contributed by atoms with Gasteiger partial charge in [0.1, 0.15) is 0 Å². The molecule has 1 aliphatic heterocycles. The number of hydrogen-bond acceptors (Lipinski definition) is 4. The third-order valence-electron chi connectivity index (χ3n) is 6.04. The predicted octanol–water partition coefficient (Wildman–Crippen LogP) is 4.71. The molecule has 0 N–H and O–H groups in total. The van der Waals surface area contributed by atoms with E-state index in [2.05, 4.69) is 34.1 Å². The van der Waals surface area contributed by atoms with Crippen LogP contribution in [0.5, 0.6) is 0 Å². The fourth-order valence-corrected chi connectivity index (χ4v) is 4.63. The van der Waals surface area contributed by atoms with E-state index in [0.717, 1.165) is 50.2 Å². The molecule has 3 heterocycles. The van der Waals surface area contributed by atoms with Gasteiger partial charge >= 0.3 is 0 Å². The number of aryl methyl sites for hydroxylation is 2. The molecule has 0 atom stereocenters. The first-order valence-corrected chi connectivity index (χ1v) is 11.5. The van der Waals surface area contributed by atoms with Gasteiger partial charge in [-0.25, -0.2) is 9.08 Å². The average Bonchev–Trinajstić information content (AvgIpc) is 2.95. The Balaban J connectivity index is 1.59. The second kappa shape index (κ2) is 8.71. The summed E-state index contributed by atoms with van der Waals surface area (Å²) in [6, 6.07) is 15.9. The van der Waals surface area contributed by atoms with Crippen molar-refractivity contribution in [2.75, 3.05) is 18.0 Å². The van der Waals surface area contributed by atoms with E-state index in [4.69, 9.17) is 16.7 Å². The first-order chi connectivity index (χ1) is 15.2. The van der Waals surface area contributed by atoms with Gasteiger partial charge in [-0.05, 0) is 49.4 Å². The van der Waals surface area contributed by atoms with Gasteiger partial charge in [-0.3, -0.25) is 4.79 Å². The fraction of sp³-hybridized carbons (Fsp3) is 0.375. The minimum absolute atomic E-state index is 0.260. The summed E-state index contributed by atoms with van der Waals surface area (Å²) < 4.78 is 3.94. The maximum atomic E-state index is 12.8. The van der Waals surface area contributed by atoms with Gasteiger partial charge < -0.3 is 4.90 Å². The Morgan fingerprint density at radius 3 is 2.52 bits per heavy atom. The lowest BCUT2D eigenvalue weighted by Crippen LogP contribution is -2.26. The Bertz CT molecular complexity index is 1260. The molecule has 1 saturated heterocycles. The second-order valence-electron chi connectivity index (χ2n) is 8.23. The molecule has 7 heteroatoms. The molecule has 2 aromatic carbocycles. The van der Waals surface area contributed by atoms with E-state index in [1.807, 2.05) is 27.3 Å². The van der Waals surface area contributed by atoms with Crippen LogP contribution in [0.25, 0.3) is 16.7 Å². The Hall–Kier alpha value is -2.86. The highest BCUT2D eigenvalue weighted by molar-refractivity contribution is 6.31. The molecule has 160 valence electrons. The van der Waals surface area contributed by atoms with Crippen LogP contribution in [0.4, 0.5) is 5.95 Å². The Morgan fingerprint density at radius 1 is 0.968 bits per heavy atom. The first-order valence-electron chi connectivity index (χ1n) is 11.1. The number of rotatable bonds is 5. The van der Waals surface area contributed by atoms with Crippen LogP contribution in [-0.4, -0.2) is 32.3 Å². The van der Waals surface area contributed by atoms with E-state index in [1.54, 1.807) is 6.07 Å². The van der Waals surface area contributed by atoms with Gasteiger partial charge in [0.2, 0.25) is 11.7 Å². The maximum absolute atomic E-state index is 12.8. The van der Waals surface area contributed by atoms with Crippen molar-refractivity contribution in [1.29, 1.82) is 0 Å². The molecule has 0 amide bonds. The molecular formula is C24H26ClN5O. The monoisotopic (exact) mass is 435 g/mol. The number of anilines is 1. The zero-order valence-corrected chi connectivity index (χ0v) is 18.3. The highest BCUT2D eigenvalue weighted by atomic mass is 35.5. The highest BCUT2D eigenvalue weighted by Crippen LogP contribution is 2.25. The molecular weight excluding hydrogens is 410 g/mol. The second-order valence-corrected chi connectivity index (χ2v) is 8.66. The summed E-state index contributed by atoms with van der Waals surface area (Å²) in [6.07, 6.45) is 6.68. The zero-order valence-electron chi connectivity index (χ0n) is 17.5. The van der Waals surface area contributed by atoms with Crippen molar-refractivity contribution in [2.45, 2.75) is 45.1 Å². The summed E-state index contributed by atoms with van der Waals surface area (Å²) in [5, 5.41) is 6.04. The molecule has 0 bridgehead atoms. The summed E-state index contributed by atoms with van der Waals surface area (Å²) >= 11 is 6.18. The van der Waals surface area contributed by atoms with E-state index in [9.17, 15) is 4.79 Å². The molecule has 5 rings (SSSR count). The summed E-state index contributed by atoms with van der Waals surface area (Å²) in [7, 11) is 0. The summed E-state index contributed by atoms with van der Waals surface area (Å²) in [5.41, 5.74) is 1.86. The topological polar surface area (TPSA) is 55.4 Å². The van der Waals surface area contributed by atoms with Gasteiger partial charge in [0.15, 0.2) is 0 Å². The van der Waals surface area contributed by atoms with Crippen molar-refractivity contribution in [3.8, 4) is 0 Å². The predicted molar refractivity (Wildman–Crippen MR) is 125 cm³/mol. The zero-order chi connectivity index (χ0) is 21.2. The SMILES string of the molecule is O=c1nc2n(CCCc3ccccc3)nc(N3CCCCCC3)n2c2ccc(Cl)cc12. The Labute approximate surface area is 186 Å². The quantitative estimate of drug-likeness (QED) is 0.455. The van der Waals surface area contributed by atoms with E-state index < -0.39 is 0 Å². The lowest BCUT2D eigenvalue weighted by Gasteiger charge is -2.20. The normalized spacial score (nSPS) is 14.9. The average molecular weight is 436 g/mol. The molecule has 0 radical (unpaired) electrons. The third-order valence-corrected chi connectivity index (χ3v) is 6.27. The molecule has 0 aliphatic carbocycles. The number of benzene rings is 2. The molecule has 1 fully saturated rings. The van der Waals surface area contributed by atoms with E-state index in [0.29, 0.717) is 22.7 Å². The molecule has 0 unspecified atom stereocenters. The van der Waals surface area contributed by atoms with Crippen molar-refractivity contribution in [2.24, 2.45) is 0 Å². The van der Waals surface area contributed by atoms with Crippen LogP contribution in [0.3, 0.4) is 0 Å².